The molecule has 0 radical (unpaired) electrons. The Balaban J connectivity index is 1.47. The Hall–Kier alpha value is -3.23. The molecule has 1 fully saturated rings. The topological polar surface area (TPSA) is 72.1 Å². The predicted molar refractivity (Wildman–Crippen MR) is 89.7 cm³/mol. The molecule has 9 heteroatoms. The number of hydrogen-bond donors (Lipinski definition) is 0. The van der Waals surface area contributed by atoms with Gasteiger partial charge in [-0.1, -0.05) is 12.1 Å². The summed E-state index contributed by atoms with van der Waals surface area (Å²) in [7, 11) is 0. The van der Waals surface area contributed by atoms with Crippen molar-refractivity contribution in [1.82, 2.24) is 20.1 Å². The molecule has 0 N–H and O–H groups in total. The molecular formula is C19H13F3N4O2. The third-order valence-corrected chi connectivity index (χ3v) is 5.25. The molecule has 6 nitrogen and oxygen atoms in total. The average Bonchev–Trinajstić information content (AvgIpc) is 3.20. The van der Waals surface area contributed by atoms with Gasteiger partial charge in [0.2, 0.25) is 5.89 Å². The van der Waals surface area contributed by atoms with Crippen molar-refractivity contribution in [3.63, 3.8) is 0 Å². The Morgan fingerprint density at radius 1 is 1.14 bits per heavy atom. The maximum atomic E-state index is 13.3. The van der Waals surface area contributed by atoms with Crippen molar-refractivity contribution < 1.29 is 22.4 Å². The molecule has 1 aromatic carbocycles. The zero-order valence-electron chi connectivity index (χ0n) is 14.4. The van der Waals surface area contributed by atoms with Crippen LogP contribution in [-0.4, -0.2) is 26.0 Å². The number of hydrogen-bond acceptors (Lipinski definition) is 5. The second-order valence-corrected chi connectivity index (χ2v) is 6.89. The maximum absolute atomic E-state index is 13.3. The van der Waals surface area contributed by atoms with E-state index in [0.717, 1.165) is 18.4 Å². The molecule has 0 unspecified atom stereocenters. The van der Waals surface area contributed by atoms with Crippen LogP contribution in [0.1, 0.15) is 46.8 Å². The van der Waals surface area contributed by atoms with Gasteiger partial charge in [-0.2, -0.15) is 8.78 Å². The maximum Gasteiger partial charge on any atom is 0.314 e. The molecule has 1 aliphatic heterocycles. The molecule has 28 heavy (non-hydrogen) atoms. The van der Waals surface area contributed by atoms with E-state index < -0.39 is 17.9 Å². The number of nitrogens with zero attached hydrogens (tertiary/aromatic N) is 4. The number of pyridine rings is 1. The molecule has 1 saturated carbocycles. The van der Waals surface area contributed by atoms with Gasteiger partial charge in [-0.05, 0) is 36.6 Å². The van der Waals surface area contributed by atoms with E-state index in [-0.39, 0.29) is 17.6 Å². The van der Waals surface area contributed by atoms with Gasteiger partial charge in [-0.15, -0.1) is 10.2 Å². The van der Waals surface area contributed by atoms with Crippen molar-refractivity contribution in [2.45, 2.75) is 31.4 Å². The van der Waals surface area contributed by atoms with E-state index in [1.807, 2.05) is 0 Å². The molecule has 0 bridgehead atoms. The van der Waals surface area contributed by atoms with E-state index in [1.54, 1.807) is 17.0 Å². The minimum atomic E-state index is -2.87. The van der Waals surface area contributed by atoms with Crippen molar-refractivity contribution in [2.75, 3.05) is 0 Å². The standard InChI is InChI=1S/C19H13F3N4O2/c20-12-3-1-11(2-4-12)19(5-6-19)26-9-14-13(18(26)27)7-10(8-23-14)16-24-25-17(28-16)15(21)22/h1-4,7-8,15H,5-6,9H2. The molecule has 142 valence electrons. The van der Waals surface area contributed by atoms with E-state index in [2.05, 4.69) is 15.2 Å². The SMILES string of the molecule is O=C1c2cc(-c3nnc(C(F)F)o3)cnc2CN1C1(c2ccc(F)cc2)CC1. The van der Waals surface area contributed by atoms with Gasteiger partial charge >= 0.3 is 6.43 Å². The first-order valence-corrected chi connectivity index (χ1v) is 8.67. The fourth-order valence-electron chi connectivity index (χ4n) is 3.67. The van der Waals surface area contributed by atoms with Crippen LogP contribution in [0, 0.1) is 5.82 Å². The summed E-state index contributed by atoms with van der Waals surface area (Å²) >= 11 is 0. The molecule has 3 heterocycles. The molecule has 1 aliphatic carbocycles. The first-order valence-electron chi connectivity index (χ1n) is 8.67. The van der Waals surface area contributed by atoms with Gasteiger partial charge < -0.3 is 9.32 Å². The quantitative estimate of drug-likeness (QED) is 0.681. The zero-order chi connectivity index (χ0) is 19.5. The normalized spacial score (nSPS) is 17.3. The van der Waals surface area contributed by atoms with E-state index in [9.17, 15) is 18.0 Å². The first kappa shape index (κ1) is 16.9. The third-order valence-electron chi connectivity index (χ3n) is 5.25. The number of amides is 1. The van der Waals surface area contributed by atoms with E-state index in [1.165, 1.54) is 24.4 Å². The summed E-state index contributed by atoms with van der Waals surface area (Å²) in [5.74, 6) is -1.43. The van der Waals surface area contributed by atoms with Crippen LogP contribution >= 0.6 is 0 Å². The molecule has 2 aromatic heterocycles. The Bertz CT molecular complexity index is 1080. The van der Waals surface area contributed by atoms with Crippen molar-refractivity contribution >= 4 is 5.91 Å². The highest BCUT2D eigenvalue weighted by Crippen LogP contribution is 2.53. The number of aromatic nitrogens is 3. The molecule has 1 amide bonds. The van der Waals surface area contributed by atoms with E-state index >= 15 is 0 Å². The third kappa shape index (κ3) is 2.49. The van der Waals surface area contributed by atoms with Crippen LogP contribution in [0.5, 0.6) is 0 Å². The molecule has 0 saturated heterocycles. The van der Waals surface area contributed by atoms with Crippen molar-refractivity contribution in [1.29, 1.82) is 0 Å². The predicted octanol–water partition coefficient (Wildman–Crippen LogP) is 3.85. The largest absolute Gasteiger partial charge is 0.415 e. The van der Waals surface area contributed by atoms with Crippen LogP contribution in [0.2, 0.25) is 0 Å². The Kier molecular flexibility index (Phi) is 3.55. The van der Waals surface area contributed by atoms with Crippen LogP contribution in [0.3, 0.4) is 0 Å². The molecule has 3 aromatic rings. The fraction of sp³-hybridized carbons (Fsp3) is 0.263. The van der Waals surface area contributed by atoms with E-state index in [4.69, 9.17) is 4.42 Å². The molecule has 2 aliphatic rings. The lowest BCUT2D eigenvalue weighted by molar-refractivity contribution is 0.0669. The minimum absolute atomic E-state index is 0.114. The smallest absolute Gasteiger partial charge is 0.314 e. The van der Waals surface area contributed by atoms with Gasteiger partial charge in [0.25, 0.3) is 11.8 Å². The lowest BCUT2D eigenvalue weighted by Gasteiger charge is -2.28. The van der Waals surface area contributed by atoms with Gasteiger partial charge in [0.1, 0.15) is 5.82 Å². The summed E-state index contributed by atoms with van der Waals surface area (Å²) in [6.07, 6.45) is 0.126. The van der Waals surface area contributed by atoms with E-state index in [0.29, 0.717) is 23.4 Å². The fourth-order valence-corrected chi connectivity index (χ4v) is 3.67. The molecule has 0 atom stereocenters. The van der Waals surface area contributed by atoms with Gasteiger partial charge in [-0.3, -0.25) is 9.78 Å². The highest BCUT2D eigenvalue weighted by atomic mass is 19.3. The highest BCUT2D eigenvalue weighted by molar-refractivity contribution is 5.99. The Morgan fingerprint density at radius 3 is 2.54 bits per heavy atom. The zero-order valence-corrected chi connectivity index (χ0v) is 14.4. The number of benzene rings is 1. The van der Waals surface area contributed by atoms with Gasteiger partial charge in [0, 0.05) is 6.20 Å². The summed E-state index contributed by atoms with van der Waals surface area (Å²) in [6, 6.07) is 7.70. The van der Waals surface area contributed by atoms with Gasteiger partial charge in [0.15, 0.2) is 0 Å². The number of carbonyl (C=O) groups excluding carboxylic acids is 1. The lowest BCUT2D eigenvalue weighted by atomic mass is 10.0. The summed E-state index contributed by atoms with van der Waals surface area (Å²) < 4.78 is 43.5. The monoisotopic (exact) mass is 386 g/mol. The first-order chi connectivity index (χ1) is 13.5. The molecule has 5 rings (SSSR count). The minimum Gasteiger partial charge on any atom is -0.415 e. The highest BCUT2D eigenvalue weighted by Gasteiger charge is 2.54. The summed E-state index contributed by atoms with van der Waals surface area (Å²) in [5, 5.41) is 6.89. The molecular weight excluding hydrogens is 373 g/mol. The Labute approximate surface area is 157 Å². The van der Waals surface area contributed by atoms with Crippen LogP contribution in [0.4, 0.5) is 13.2 Å². The van der Waals surface area contributed by atoms with Crippen molar-refractivity contribution in [3.05, 3.63) is 65.1 Å². The number of halogens is 3. The summed E-state index contributed by atoms with van der Waals surface area (Å²) in [5.41, 5.74) is 1.70. The second-order valence-electron chi connectivity index (χ2n) is 6.89. The summed E-state index contributed by atoms with van der Waals surface area (Å²) in [4.78, 5) is 19.1. The number of fused-ring (bicyclic) bond motifs is 1. The average molecular weight is 386 g/mol. The van der Waals surface area contributed by atoms with Crippen LogP contribution < -0.4 is 0 Å². The Morgan fingerprint density at radius 2 is 1.89 bits per heavy atom. The second kappa shape index (κ2) is 5.88. The van der Waals surface area contributed by atoms with Crippen molar-refractivity contribution in [3.8, 4) is 11.5 Å². The number of alkyl halides is 2. The van der Waals surface area contributed by atoms with Gasteiger partial charge in [-0.25, -0.2) is 4.39 Å². The van der Waals surface area contributed by atoms with Crippen LogP contribution in [-0.2, 0) is 12.1 Å². The number of rotatable bonds is 4. The summed E-state index contributed by atoms with van der Waals surface area (Å²) in [6.45, 7) is 0.331. The molecule has 0 spiro atoms. The van der Waals surface area contributed by atoms with Crippen molar-refractivity contribution in [2.24, 2.45) is 0 Å². The number of carbonyl (C=O) groups is 1. The van der Waals surface area contributed by atoms with Crippen LogP contribution in [0.25, 0.3) is 11.5 Å². The lowest BCUT2D eigenvalue weighted by Crippen LogP contribution is -2.35. The van der Waals surface area contributed by atoms with Gasteiger partial charge in [0.05, 0.1) is 28.9 Å². The van der Waals surface area contributed by atoms with Crippen LogP contribution in [0.15, 0.2) is 40.9 Å².